The molecule has 1 unspecified atom stereocenters. The average Bonchev–Trinajstić information content (AvgIpc) is 3.38. The number of tetrazole rings is 1. The number of rotatable bonds is 6. The highest BCUT2D eigenvalue weighted by Gasteiger charge is 2.28. The minimum Gasteiger partial charge on any atom is -0.392 e. The van der Waals surface area contributed by atoms with Gasteiger partial charge in [-0.25, -0.2) is 4.68 Å². The van der Waals surface area contributed by atoms with Gasteiger partial charge in [0.15, 0.2) is 5.82 Å². The molecule has 6 nitrogen and oxygen atoms in total. The van der Waals surface area contributed by atoms with Crippen molar-refractivity contribution in [1.82, 2.24) is 20.2 Å². The first-order valence-corrected chi connectivity index (χ1v) is 8.59. The Hall–Kier alpha value is -2.73. The molecule has 0 spiro atoms. The third kappa shape index (κ3) is 3.39. The van der Waals surface area contributed by atoms with E-state index in [4.69, 9.17) is 0 Å². The van der Waals surface area contributed by atoms with Crippen LogP contribution in [0.2, 0.25) is 0 Å². The Morgan fingerprint density at radius 3 is 2.84 bits per heavy atom. The second kappa shape index (κ2) is 6.64. The summed E-state index contributed by atoms with van der Waals surface area (Å²) in [5.41, 5.74) is 4.09. The molecule has 1 aliphatic rings. The van der Waals surface area contributed by atoms with Gasteiger partial charge >= 0.3 is 0 Å². The molecule has 3 aromatic rings. The van der Waals surface area contributed by atoms with Crippen molar-refractivity contribution in [3.05, 3.63) is 59.7 Å². The zero-order valence-corrected chi connectivity index (χ0v) is 14.1. The summed E-state index contributed by atoms with van der Waals surface area (Å²) in [6.07, 6.45) is 2.29. The molecule has 4 rings (SSSR count). The van der Waals surface area contributed by atoms with Crippen LogP contribution in [0.15, 0.2) is 48.5 Å². The first-order chi connectivity index (χ1) is 12.2. The molecule has 0 aliphatic heterocycles. The highest BCUT2D eigenvalue weighted by atomic mass is 16.3. The van der Waals surface area contributed by atoms with Crippen LogP contribution < -0.4 is 5.32 Å². The van der Waals surface area contributed by atoms with Gasteiger partial charge in [-0.3, -0.25) is 0 Å². The zero-order valence-electron chi connectivity index (χ0n) is 14.1. The second-order valence-electron chi connectivity index (χ2n) is 6.53. The third-order valence-electron chi connectivity index (χ3n) is 4.52. The van der Waals surface area contributed by atoms with Gasteiger partial charge in [-0.15, -0.1) is 5.10 Å². The predicted octanol–water partition coefficient (Wildman–Crippen LogP) is 3.34. The lowest BCUT2D eigenvalue weighted by atomic mass is 10.0. The summed E-state index contributed by atoms with van der Waals surface area (Å²) in [7, 11) is 0. The van der Waals surface area contributed by atoms with Crippen molar-refractivity contribution >= 4 is 5.69 Å². The molecule has 1 aromatic heterocycles. The van der Waals surface area contributed by atoms with Gasteiger partial charge in [0.2, 0.25) is 0 Å². The normalized spacial score (nSPS) is 15.1. The first kappa shape index (κ1) is 15.8. The quantitative estimate of drug-likeness (QED) is 0.722. The van der Waals surface area contributed by atoms with Gasteiger partial charge in [-0.05, 0) is 53.5 Å². The summed E-state index contributed by atoms with van der Waals surface area (Å²) in [6, 6.07) is 16.7. The molecular formula is C19H21N5O. The number of benzene rings is 2. The molecule has 2 N–H and O–H groups in total. The zero-order chi connectivity index (χ0) is 17.2. The van der Waals surface area contributed by atoms with Crippen molar-refractivity contribution in [1.29, 1.82) is 0 Å². The molecule has 1 fully saturated rings. The van der Waals surface area contributed by atoms with Crippen LogP contribution in [0.3, 0.4) is 0 Å². The molecule has 0 saturated heterocycles. The number of hydrogen-bond acceptors (Lipinski definition) is 5. The van der Waals surface area contributed by atoms with E-state index < -0.39 is 0 Å². The van der Waals surface area contributed by atoms with Crippen molar-refractivity contribution in [2.24, 2.45) is 0 Å². The molecule has 25 heavy (non-hydrogen) atoms. The van der Waals surface area contributed by atoms with Gasteiger partial charge in [0.25, 0.3) is 0 Å². The van der Waals surface area contributed by atoms with Crippen LogP contribution in [0, 0.1) is 0 Å². The summed E-state index contributed by atoms with van der Waals surface area (Å²) in [5.74, 6) is 0.820. The largest absolute Gasteiger partial charge is 0.392 e. The Labute approximate surface area is 146 Å². The van der Waals surface area contributed by atoms with Gasteiger partial charge < -0.3 is 10.4 Å². The first-order valence-electron chi connectivity index (χ1n) is 8.59. The average molecular weight is 335 g/mol. The van der Waals surface area contributed by atoms with E-state index >= 15 is 0 Å². The van der Waals surface area contributed by atoms with Gasteiger partial charge in [0.05, 0.1) is 12.6 Å². The van der Waals surface area contributed by atoms with E-state index in [-0.39, 0.29) is 12.6 Å². The van der Waals surface area contributed by atoms with E-state index in [9.17, 15) is 5.11 Å². The van der Waals surface area contributed by atoms with Crippen molar-refractivity contribution in [2.45, 2.75) is 38.5 Å². The maximum atomic E-state index is 9.31. The number of hydrogen-bond donors (Lipinski definition) is 2. The number of aliphatic hydroxyl groups is 1. The smallest absolute Gasteiger partial charge is 0.182 e. The van der Waals surface area contributed by atoms with Crippen molar-refractivity contribution < 1.29 is 5.11 Å². The molecule has 0 radical (unpaired) electrons. The summed E-state index contributed by atoms with van der Waals surface area (Å²) in [4.78, 5) is 0. The molecule has 2 aromatic carbocycles. The molecule has 0 bridgehead atoms. The monoisotopic (exact) mass is 335 g/mol. The van der Waals surface area contributed by atoms with Gasteiger partial charge in [0.1, 0.15) is 0 Å². The Kier molecular flexibility index (Phi) is 4.19. The van der Waals surface area contributed by atoms with Gasteiger partial charge in [0, 0.05) is 17.3 Å². The van der Waals surface area contributed by atoms with E-state index in [2.05, 4.69) is 39.9 Å². The molecule has 6 heteroatoms. The van der Waals surface area contributed by atoms with Crippen LogP contribution in [-0.4, -0.2) is 25.3 Å². The summed E-state index contributed by atoms with van der Waals surface area (Å²) >= 11 is 0. The van der Waals surface area contributed by atoms with E-state index in [0.29, 0.717) is 6.04 Å². The second-order valence-corrected chi connectivity index (χ2v) is 6.53. The minimum absolute atomic E-state index is 0.0554. The lowest BCUT2D eigenvalue weighted by Gasteiger charge is -2.17. The Bertz CT molecular complexity index is 872. The van der Waals surface area contributed by atoms with Crippen LogP contribution in [0.25, 0.3) is 11.4 Å². The van der Waals surface area contributed by atoms with E-state index in [1.165, 1.54) is 0 Å². The maximum Gasteiger partial charge on any atom is 0.182 e. The van der Waals surface area contributed by atoms with Gasteiger partial charge in [-0.1, -0.05) is 36.4 Å². The number of aliphatic hydroxyl groups excluding tert-OH is 1. The fourth-order valence-electron chi connectivity index (χ4n) is 2.99. The standard InChI is InChI=1S/C19H21N5O/c1-13(15-5-2-4-14(10-15)12-25)20-17-7-3-6-16(11-17)19-21-22-23-24(19)18-8-9-18/h2-7,10-11,13,18,20,25H,8-9,12H2,1H3. The van der Waals surface area contributed by atoms with E-state index in [1.54, 1.807) is 0 Å². The molecule has 1 saturated carbocycles. The molecular weight excluding hydrogens is 314 g/mol. The Morgan fingerprint density at radius 1 is 1.20 bits per heavy atom. The molecule has 1 heterocycles. The molecule has 1 atom stereocenters. The van der Waals surface area contributed by atoms with Crippen molar-refractivity contribution in [3.8, 4) is 11.4 Å². The fraction of sp³-hybridized carbons (Fsp3) is 0.316. The highest BCUT2D eigenvalue weighted by Crippen LogP contribution is 2.37. The van der Waals surface area contributed by atoms with Crippen LogP contribution in [0.4, 0.5) is 5.69 Å². The van der Waals surface area contributed by atoms with Gasteiger partial charge in [-0.2, -0.15) is 0 Å². The number of nitrogens with one attached hydrogen (secondary N) is 1. The SMILES string of the molecule is CC(Nc1cccc(-c2nnnn2C2CC2)c1)c1cccc(CO)c1. The van der Waals surface area contributed by atoms with Crippen LogP contribution in [-0.2, 0) is 6.61 Å². The van der Waals surface area contributed by atoms with Crippen LogP contribution in [0.5, 0.6) is 0 Å². The number of nitrogens with zero attached hydrogens (tertiary/aromatic N) is 4. The maximum absolute atomic E-state index is 9.31. The van der Waals surface area contributed by atoms with Crippen molar-refractivity contribution in [2.75, 3.05) is 5.32 Å². The van der Waals surface area contributed by atoms with Crippen LogP contribution >= 0.6 is 0 Å². The minimum atomic E-state index is 0.0554. The summed E-state index contributed by atoms with van der Waals surface area (Å²) < 4.78 is 1.92. The molecule has 128 valence electrons. The van der Waals surface area contributed by atoms with E-state index in [1.807, 2.05) is 41.1 Å². The highest BCUT2D eigenvalue weighted by molar-refractivity contribution is 5.62. The number of aromatic nitrogens is 4. The molecule has 1 aliphatic carbocycles. The molecule has 0 amide bonds. The van der Waals surface area contributed by atoms with Crippen molar-refractivity contribution in [3.63, 3.8) is 0 Å². The summed E-state index contributed by atoms with van der Waals surface area (Å²) in [6.45, 7) is 2.16. The van der Waals surface area contributed by atoms with E-state index in [0.717, 1.165) is 41.0 Å². The number of anilines is 1. The Morgan fingerprint density at radius 2 is 2.04 bits per heavy atom. The van der Waals surface area contributed by atoms with Crippen LogP contribution in [0.1, 0.15) is 43.0 Å². The third-order valence-corrected chi connectivity index (χ3v) is 4.52. The lowest BCUT2D eigenvalue weighted by Crippen LogP contribution is -2.07. The predicted molar refractivity (Wildman–Crippen MR) is 95.9 cm³/mol. The Balaban J connectivity index is 1.56. The lowest BCUT2D eigenvalue weighted by molar-refractivity contribution is 0.281. The topological polar surface area (TPSA) is 75.9 Å². The summed E-state index contributed by atoms with van der Waals surface area (Å²) in [5, 5.41) is 25.0. The fourth-order valence-corrected chi connectivity index (χ4v) is 2.99.